The van der Waals surface area contributed by atoms with Gasteiger partial charge in [-0.2, -0.15) is 13.2 Å². The first-order valence-electron chi connectivity index (χ1n) is 7.60. The Morgan fingerprint density at radius 3 is 2.35 bits per heavy atom. The Balaban J connectivity index is 0.000000412. The topological polar surface area (TPSA) is 88.6 Å². The maximum Gasteiger partial charge on any atom is 0.490 e. The third-order valence-electron chi connectivity index (χ3n) is 3.38. The van der Waals surface area contributed by atoms with Gasteiger partial charge in [-0.3, -0.25) is 4.79 Å². The molecule has 0 radical (unpaired) electrons. The quantitative estimate of drug-likeness (QED) is 0.887. The molecular weight excluding hydrogens is 355 g/mol. The van der Waals surface area contributed by atoms with Gasteiger partial charge in [0, 0.05) is 26.0 Å². The number of carbonyl (C=O) groups excluding carboxylic acids is 1. The normalized spacial score (nSPS) is 10.9. The highest BCUT2D eigenvalue weighted by Crippen LogP contribution is 2.16. The monoisotopic (exact) mass is 375 g/mol. The van der Waals surface area contributed by atoms with E-state index < -0.39 is 12.1 Å². The molecule has 2 rings (SSSR count). The standard InChI is InChI=1S/C14H19N3O2.C2HF3O2/c1-5-17-7-6-15-13(17)9-16(4)14(18)12-8-10(2)19-11(12)3;3-2(4,5)1(6)7/h6-8H,5,9H2,1-4H3;(H,6,7). The lowest BCUT2D eigenvalue weighted by molar-refractivity contribution is -0.192. The fourth-order valence-corrected chi connectivity index (χ4v) is 2.11. The van der Waals surface area contributed by atoms with Gasteiger partial charge < -0.3 is 19.0 Å². The molecule has 26 heavy (non-hydrogen) atoms. The molecule has 0 aliphatic rings. The maximum absolute atomic E-state index is 12.3. The van der Waals surface area contributed by atoms with Crippen molar-refractivity contribution in [3.63, 3.8) is 0 Å². The Labute approximate surface area is 148 Å². The summed E-state index contributed by atoms with van der Waals surface area (Å²) in [7, 11) is 1.78. The van der Waals surface area contributed by atoms with Crippen LogP contribution in [0, 0.1) is 13.8 Å². The highest BCUT2D eigenvalue weighted by molar-refractivity contribution is 5.95. The summed E-state index contributed by atoms with van der Waals surface area (Å²) in [5, 5.41) is 7.12. The molecule has 0 atom stereocenters. The summed E-state index contributed by atoms with van der Waals surface area (Å²) in [4.78, 5) is 27.2. The zero-order valence-corrected chi connectivity index (χ0v) is 14.8. The van der Waals surface area contributed by atoms with Gasteiger partial charge in [-0.1, -0.05) is 0 Å². The SMILES string of the molecule is CCn1ccnc1CN(C)C(=O)c1cc(C)oc1C.O=C(O)C(F)(F)F. The molecule has 0 spiro atoms. The Bertz CT molecular complexity index is 765. The van der Waals surface area contributed by atoms with E-state index in [1.165, 1.54) is 0 Å². The lowest BCUT2D eigenvalue weighted by atomic mass is 10.2. The number of amides is 1. The van der Waals surface area contributed by atoms with E-state index >= 15 is 0 Å². The van der Waals surface area contributed by atoms with Crippen LogP contribution >= 0.6 is 0 Å². The second-order valence-electron chi connectivity index (χ2n) is 5.42. The van der Waals surface area contributed by atoms with E-state index in [0.717, 1.165) is 18.1 Å². The number of aliphatic carboxylic acids is 1. The summed E-state index contributed by atoms with van der Waals surface area (Å²) in [6, 6.07) is 1.78. The molecule has 2 heterocycles. The van der Waals surface area contributed by atoms with Crippen molar-refractivity contribution in [3.05, 3.63) is 41.4 Å². The molecular formula is C16H20F3N3O4. The smallest absolute Gasteiger partial charge is 0.475 e. The van der Waals surface area contributed by atoms with E-state index in [0.29, 0.717) is 17.9 Å². The van der Waals surface area contributed by atoms with E-state index in [1.54, 1.807) is 31.1 Å². The van der Waals surface area contributed by atoms with Crippen LogP contribution in [-0.4, -0.2) is 44.7 Å². The van der Waals surface area contributed by atoms with Crippen LogP contribution in [0.3, 0.4) is 0 Å². The predicted octanol–water partition coefficient (Wildman–Crippen LogP) is 3.02. The largest absolute Gasteiger partial charge is 0.490 e. The second kappa shape index (κ2) is 8.54. The molecule has 0 aliphatic carbocycles. The number of alkyl halides is 3. The molecule has 7 nitrogen and oxygen atoms in total. The first-order valence-corrected chi connectivity index (χ1v) is 7.60. The number of imidazole rings is 1. The lowest BCUT2D eigenvalue weighted by Gasteiger charge is -2.17. The Kier molecular flexibility index (Phi) is 6.99. The van der Waals surface area contributed by atoms with Gasteiger partial charge in [-0.25, -0.2) is 9.78 Å². The number of hydrogen-bond acceptors (Lipinski definition) is 4. The summed E-state index contributed by atoms with van der Waals surface area (Å²) >= 11 is 0. The van der Waals surface area contributed by atoms with Crippen molar-refractivity contribution in [2.75, 3.05) is 7.05 Å². The molecule has 1 N–H and O–H groups in total. The van der Waals surface area contributed by atoms with Crippen molar-refractivity contribution in [3.8, 4) is 0 Å². The van der Waals surface area contributed by atoms with Crippen molar-refractivity contribution in [1.29, 1.82) is 0 Å². The fourth-order valence-electron chi connectivity index (χ4n) is 2.11. The van der Waals surface area contributed by atoms with Gasteiger partial charge in [0.1, 0.15) is 17.3 Å². The summed E-state index contributed by atoms with van der Waals surface area (Å²) in [6.45, 7) is 7.04. The number of carbonyl (C=O) groups is 2. The average Bonchev–Trinajstić information content (AvgIpc) is 3.11. The van der Waals surface area contributed by atoms with Gasteiger partial charge in [0.25, 0.3) is 5.91 Å². The number of nitrogens with zero attached hydrogens (tertiary/aromatic N) is 3. The highest BCUT2D eigenvalue weighted by atomic mass is 19.4. The number of aromatic nitrogens is 2. The highest BCUT2D eigenvalue weighted by Gasteiger charge is 2.38. The lowest BCUT2D eigenvalue weighted by Crippen LogP contribution is -2.27. The Morgan fingerprint density at radius 2 is 1.92 bits per heavy atom. The number of hydrogen-bond donors (Lipinski definition) is 1. The van der Waals surface area contributed by atoms with E-state index in [9.17, 15) is 18.0 Å². The van der Waals surface area contributed by atoms with Crippen LogP contribution < -0.4 is 0 Å². The first kappa shape index (κ1) is 21.3. The van der Waals surface area contributed by atoms with Crippen molar-refractivity contribution < 1.29 is 32.3 Å². The molecule has 0 unspecified atom stereocenters. The number of carboxylic acids is 1. The van der Waals surface area contributed by atoms with Crippen molar-refractivity contribution in [2.24, 2.45) is 0 Å². The molecule has 144 valence electrons. The number of halogens is 3. The van der Waals surface area contributed by atoms with Crippen LogP contribution in [0.1, 0.15) is 34.6 Å². The molecule has 1 amide bonds. The minimum absolute atomic E-state index is 0.0417. The molecule has 0 aliphatic heterocycles. The number of furan rings is 1. The van der Waals surface area contributed by atoms with Gasteiger partial charge >= 0.3 is 12.1 Å². The number of carboxylic acid groups (broad SMARTS) is 1. The van der Waals surface area contributed by atoms with Crippen LogP contribution in [0.4, 0.5) is 13.2 Å². The third kappa shape index (κ3) is 5.64. The third-order valence-corrected chi connectivity index (χ3v) is 3.38. The first-order chi connectivity index (χ1) is 12.0. The van der Waals surface area contributed by atoms with E-state index in [-0.39, 0.29) is 5.91 Å². The second-order valence-corrected chi connectivity index (χ2v) is 5.42. The molecule has 0 aromatic carbocycles. The van der Waals surface area contributed by atoms with Crippen LogP contribution in [0.25, 0.3) is 0 Å². The van der Waals surface area contributed by atoms with E-state index in [1.807, 2.05) is 17.7 Å². The summed E-state index contributed by atoms with van der Waals surface area (Å²) in [6.07, 6.45) is -1.41. The van der Waals surface area contributed by atoms with E-state index in [4.69, 9.17) is 14.3 Å². The molecule has 10 heteroatoms. The zero-order valence-electron chi connectivity index (χ0n) is 14.8. The van der Waals surface area contributed by atoms with Crippen LogP contribution in [0.2, 0.25) is 0 Å². The molecule has 2 aromatic rings. The number of rotatable bonds is 4. The Hall–Kier alpha value is -2.78. The van der Waals surface area contributed by atoms with Crippen molar-refractivity contribution in [2.45, 2.75) is 40.0 Å². The van der Waals surface area contributed by atoms with Gasteiger partial charge in [0.2, 0.25) is 0 Å². The average molecular weight is 375 g/mol. The van der Waals surface area contributed by atoms with Crippen LogP contribution in [0.15, 0.2) is 22.9 Å². The molecule has 0 saturated heterocycles. The molecule has 2 aromatic heterocycles. The minimum Gasteiger partial charge on any atom is -0.475 e. The summed E-state index contributed by atoms with van der Waals surface area (Å²) in [5.41, 5.74) is 0.620. The maximum atomic E-state index is 12.3. The van der Waals surface area contributed by atoms with Gasteiger partial charge in [0.05, 0.1) is 12.1 Å². The summed E-state index contributed by atoms with van der Waals surface area (Å²) < 4.78 is 39.2. The predicted molar refractivity (Wildman–Crippen MR) is 85.6 cm³/mol. The molecule has 0 bridgehead atoms. The number of aryl methyl sites for hydroxylation is 3. The van der Waals surface area contributed by atoms with E-state index in [2.05, 4.69) is 11.9 Å². The zero-order chi connectivity index (χ0) is 20.1. The molecule has 0 saturated carbocycles. The van der Waals surface area contributed by atoms with Crippen LogP contribution in [0.5, 0.6) is 0 Å². The van der Waals surface area contributed by atoms with Crippen molar-refractivity contribution >= 4 is 11.9 Å². The van der Waals surface area contributed by atoms with Gasteiger partial charge in [0.15, 0.2) is 0 Å². The van der Waals surface area contributed by atoms with Gasteiger partial charge in [-0.05, 0) is 26.8 Å². The van der Waals surface area contributed by atoms with Crippen LogP contribution in [-0.2, 0) is 17.9 Å². The minimum atomic E-state index is -5.08. The molecule has 0 fully saturated rings. The van der Waals surface area contributed by atoms with Gasteiger partial charge in [-0.15, -0.1) is 0 Å². The van der Waals surface area contributed by atoms with Crippen molar-refractivity contribution in [1.82, 2.24) is 14.5 Å². The summed E-state index contributed by atoms with van der Waals surface area (Å²) in [5.74, 6) is -0.499. The fraction of sp³-hybridized carbons (Fsp3) is 0.438. The Morgan fingerprint density at radius 1 is 1.35 bits per heavy atom.